The Labute approximate surface area is 155 Å². The van der Waals surface area contributed by atoms with E-state index in [1.165, 1.54) is 24.3 Å². The molecule has 1 heterocycles. The molecule has 1 amide bonds. The first-order valence-electron chi connectivity index (χ1n) is 8.71. The number of carbonyl (C=O) groups excluding carboxylic acids is 1. The summed E-state index contributed by atoms with van der Waals surface area (Å²) >= 11 is 0. The summed E-state index contributed by atoms with van der Waals surface area (Å²) in [4.78, 5) is 16.3. The Balaban J connectivity index is 1.84. The van der Waals surface area contributed by atoms with Gasteiger partial charge in [-0.05, 0) is 38.4 Å². The van der Waals surface area contributed by atoms with Gasteiger partial charge in [0.2, 0.25) is 10.0 Å². The molecule has 26 heavy (non-hydrogen) atoms. The number of benzene rings is 1. The summed E-state index contributed by atoms with van der Waals surface area (Å²) in [7, 11) is 0.279. The van der Waals surface area contributed by atoms with Gasteiger partial charge in [-0.15, -0.1) is 0 Å². The Kier molecular flexibility index (Phi) is 7.98. The van der Waals surface area contributed by atoms with E-state index in [1.807, 2.05) is 19.0 Å². The zero-order chi connectivity index (χ0) is 19.0. The highest BCUT2D eigenvalue weighted by Crippen LogP contribution is 2.10. The minimum absolute atomic E-state index is 0.157. The van der Waals surface area contributed by atoms with Gasteiger partial charge in [0.15, 0.2) is 0 Å². The number of hydrogen-bond acceptors (Lipinski definition) is 6. The van der Waals surface area contributed by atoms with Crippen LogP contribution < -0.4 is 10.0 Å². The van der Waals surface area contributed by atoms with E-state index in [9.17, 15) is 13.2 Å². The van der Waals surface area contributed by atoms with Crippen molar-refractivity contribution in [3.8, 4) is 0 Å². The standard InChI is InChI=1S/C17H28N4O4S/c1-20(2)9-7-18-17(22)15-3-5-16(6-4-15)26(23,24)19-8-10-21-11-13-25-14-12-21/h3-6,19H,7-14H2,1-2H3,(H,18,22). The third-order valence-corrected chi connectivity index (χ3v) is 5.57. The molecule has 0 unspecified atom stereocenters. The molecule has 1 aliphatic rings. The molecule has 2 rings (SSSR count). The van der Waals surface area contributed by atoms with E-state index in [0.29, 0.717) is 38.4 Å². The number of morpholine rings is 1. The van der Waals surface area contributed by atoms with Gasteiger partial charge in [-0.1, -0.05) is 0 Å². The summed E-state index contributed by atoms with van der Waals surface area (Å²) in [5, 5.41) is 2.80. The number of ether oxygens (including phenoxy) is 1. The zero-order valence-corrected chi connectivity index (χ0v) is 16.2. The first kappa shape index (κ1) is 20.8. The number of amides is 1. The van der Waals surface area contributed by atoms with Gasteiger partial charge in [0.1, 0.15) is 0 Å². The molecule has 9 heteroatoms. The minimum atomic E-state index is -3.58. The zero-order valence-electron chi connectivity index (χ0n) is 15.4. The highest BCUT2D eigenvalue weighted by molar-refractivity contribution is 7.89. The van der Waals surface area contributed by atoms with Crippen LogP contribution in [0.5, 0.6) is 0 Å². The summed E-state index contributed by atoms with van der Waals surface area (Å²) in [6.07, 6.45) is 0. The van der Waals surface area contributed by atoms with Crippen molar-refractivity contribution in [2.24, 2.45) is 0 Å². The summed E-state index contributed by atoms with van der Waals surface area (Å²) < 4.78 is 32.6. The van der Waals surface area contributed by atoms with E-state index in [1.54, 1.807) is 0 Å². The molecule has 0 bridgehead atoms. The van der Waals surface area contributed by atoms with Crippen molar-refractivity contribution >= 4 is 15.9 Å². The molecule has 1 fully saturated rings. The van der Waals surface area contributed by atoms with Gasteiger partial charge < -0.3 is 15.0 Å². The lowest BCUT2D eigenvalue weighted by atomic mass is 10.2. The number of hydrogen-bond donors (Lipinski definition) is 2. The van der Waals surface area contributed by atoms with Crippen LogP contribution >= 0.6 is 0 Å². The van der Waals surface area contributed by atoms with Gasteiger partial charge in [0.25, 0.3) is 5.91 Å². The van der Waals surface area contributed by atoms with E-state index >= 15 is 0 Å². The van der Waals surface area contributed by atoms with Gasteiger partial charge in [-0.25, -0.2) is 13.1 Å². The highest BCUT2D eigenvalue weighted by atomic mass is 32.2. The lowest BCUT2D eigenvalue weighted by Gasteiger charge is -2.26. The van der Waals surface area contributed by atoms with Gasteiger partial charge in [0.05, 0.1) is 18.1 Å². The summed E-state index contributed by atoms with van der Waals surface area (Å²) in [5.41, 5.74) is 0.441. The molecule has 0 aromatic heterocycles. The molecule has 1 aromatic carbocycles. The third kappa shape index (κ3) is 6.65. The van der Waals surface area contributed by atoms with Crippen molar-refractivity contribution < 1.29 is 17.9 Å². The largest absolute Gasteiger partial charge is 0.379 e. The van der Waals surface area contributed by atoms with Crippen LogP contribution in [0.15, 0.2) is 29.2 Å². The fourth-order valence-corrected chi connectivity index (χ4v) is 3.55. The van der Waals surface area contributed by atoms with E-state index in [2.05, 4.69) is 14.9 Å². The molecule has 146 valence electrons. The van der Waals surface area contributed by atoms with Crippen LogP contribution in [0.3, 0.4) is 0 Å². The minimum Gasteiger partial charge on any atom is -0.379 e. The van der Waals surface area contributed by atoms with E-state index in [4.69, 9.17) is 4.74 Å². The average Bonchev–Trinajstić information content (AvgIpc) is 2.62. The van der Waals surface area contributed by atoms with Crippen LogP contribution in [-0.4, -0.2) is 90.7 Å². The molecule has 1 saturated heterocycles. The maximum Gasteiger partial charge on any atom is 0.251 e. The van der Waals surface area contributed by atoms with Crippen molar-refractivity contribution in [1.82, 2.24) is 19.8 Å². The van der Waals surface area contributed by atoms with Crippen LogP contribution in [0, 0.1) is 0 Å². The molecule has 1 aromatic rings. The Morgan fingerprint density at radius 2 is 1.81 bits per heavy atom. The molecule has 0 aliphatic carbocycles. The maximum absolute atomic E-state index is 12.3. The predicted octanol–water partition coefficient (Wildman–Crippen LogP) is -0.411. The number of carbonyl (C=O) groups is 1. The van der Waals surface area contributed by atoms with E-state index in [0.717, 1.165) is 19.6 Å². The fraction of sp³-hybridized carbons (Fsp3) is 0.588. The average molecular weight is 385 g/mol. The third-order valence-electron chi connectivity index (χ3n) is 4.10. The topological polar surface area (TPSA) is 91.0 Å². The van der Waals surface area contributed by atoms with Crippen LogP contribution in [0.25, 0.3) is 0 Å². The molecule has 0 spiro atoms. The second-order valence-corrected chi connectivity index (χ2v) is 8.20. The van der Waals surface area contributed by atoms with Crippen molar-refractivity contribution in [3.63, 3.8) is 0 Å². The lowest BCUT2D eigenvalue weighted by Crippen LogP contribution is -2.41. The molecular weight excluding hydrogens is 356 g/mol. The highest BCUT2D eigenvalue weighted by Gasteiger charge is 2.16. The quantitative estimate of drug-likeness (QED) is 0.601. The summed E-state index contributed by atoms with van der Waals surface area (Å²) in [5.74, 6) is -0.212. The SMILES string of the molecule is CN(C)CCNC(=O)c1ccc(S(=O)(=O)NCCN2CCOCC2)cc1. The second-order valence-electron chi connectivity index (χ2n) is 6.44. The van der Waals surface area contributed by atoms with E-state index in [-0.39, 0.29) is 10.8 Å². The van der Waals surface area contributed by atoms with Gasteiger partial charge >= 0.3 is 0 Å². The number of nitrogens with zero attached hydrogens (tertiary/aromatic N) is 2. The van der Waals surface area contributed by atoms with Crippen LogP contribution in [-0.2, 0) is 14.8 Å². The molecule has 8 nitrogen and oxygen atoms in total. The first-order valence-corrected chi connectivity index (χ1v) is 10.2. The number of sulfonamides is 1. The lowest BCUT2D eigenvalue weighted by molar-refractivity contribution is 0.0390. The fourth-order valence-electron chi connectivity index (χ4n) is 2.53. The van der Waals surface area contributed by atoms with Crippen LogP contribution in [0.2, 0.25) is 0 Å². The number of rotatable bonds is 9. The van der Waals surface area contributed by atoms with Gasteiger partial charge in [0, 0.05) is 44.8 Å². The Hall–Kier alpha value is -1.52. The Bertz CT molecular complexity index is 671. The van der Waals surface area contributed by atoms with E-state index < -0.39 is 10.0 Å². The molecule has 0 atom stereocenters. The Morgan fingerprint density at radius 1 is 1.15 bits per heavy atom. The van der Waals surface area contributed by atoms with Crippen molar-refractivity contribution in [3.05, 3.63) is 29.8 Å². The van der Waals surface area contributed by atoms with Gasteiger partial charge in [-0.3, -0.25) is 9.69 Å². The molecular formula is C17H28N4O4S. The normalized spacial score (nSPS) is 16.0. The van der Waals surface area contributed by atoms with Crippen LogP contribution in [0.4, 0.5) is 0 Å². The maximum atomic E-state index is 12.3. The summed E-state index contributed by atoms with van der Waals surface area (Å²) in [6, 6.07) is 5.97. The molecule has 2 N–H and O–H groups in total. The second kappa shape index (κ2) is 9.98. The monoisotopic (exact) mass is 384 g/mol. The first-order chi connectivity index (χ1) is 12.4. The number of likely N-dealkylation sites (N-methyl/N-ethyl adjacent to an activating group) is 1. The van der Waals surface area contributed by atoms with Gasteiger partial charge in [-0.2, -0.15) is 0 Å². The molecule has 0 radical (unpaired) electrons. The predicted molar refractivity (Wildman–Crippen MR) is 99.8 cm³/mol. The van der Waals surface area contributed by atoms with Crippen molar-refractivity contribution in [1.29, 1.82) is 0 Å². The molecule has 0 saturated carbocycles. The van der Waals surface area contributed by atoms with Crippen LogP contribution in [0.1, 0.15) is 10.4 Å². The molecule has 1 aliphatic heterocycles. The van der Waals surface area contributed by atoms with Crippen molar-refractivity contribution in [2.75, 3.05) is 66.6 Å². The number of nitrogens with one attached hydrogen (secondary N) is 2. The summed E-state index contributed by atoms with van der Waals surface area (Å²) in [6.45, 7) is 5.28. The Morgan fingerprint density at radius 3 is 2.42 bits per heavy atom. The smallest absolute Gasteiger partial charge is 0.251 e. The van der Waals surface area contributed by atoms with Crippen molar-refractivity contribution in [2.45, 2.75) is 4.90 Å².